The van der Waals surface area contributed by atoms with E-state index in [1.165, 1.54) is 12.0 Å². The number of aliphatic hydroxyl groups is 1. The van der Waals surface area contributed by atoms with Gasteiger partial charge < -0.3 is 19.5 Å². The lowest BCUT2D eigenvalue weighted by Crippen LogP contribution is -2.31. The van der Waals surface area contributed by atoms with Crippen LogP contribution in [0.15, 0.2) is 54.1 Å². The predicted octanol–water partition coefficient (Wildman–Crippen LogP) is 3.81. The molecule has 0 aromatic heterocycles. The quantitative estimate of drug-likeness (QED) is 0.322. The number of nitrogens with zero attached hydrogens (tertiary/aromatic N) is 1. The molecule has 1 fully saturated rings. The second kappa shape index (κ2) is 9.11. The van der Waals surface area contributed by atoms with Crippen molar-refractivity contribution in [1.29, 1.82) is 0 Å². The van der Waals surface area contributed by atoms with E-state index in [1.807, 2.05) is 0 Å². The minimum absolute atomic E-state index is 0.0305. The average Bonchev–Trinajstić information content (AvgIpc) is 2.98. The molecule has 0 aliphatic carbocycles. The number of Topliss-reactive ketones (excluding diaryl/α,β-unsaturated/α-hetero) is 1. The molecule has 1 N–H and O–H groups in total. The molecule has 0 saturated carbocycles. The number of methoxy groups -OCH3 is 2. The minimum atomic E-state index is -0.739. The summed E-state index contributed by atoms with van der Waals surface area (Å²) in [7, 11) is 3.09. The molecular formula is C22H22ClNO5. The van der Waals surface area contributed by atoms with E-state index in [9.17, 15) is 14.7 Å². The van der Waals surface area contributed by atoms with Crippen molar-refractivity contribution in [3.63, 3.8) is 0 Å². The van der Waals surface area contributed by atoms with Crippen molar-refractivity contribution in [2.45, 2.75) is 12.5 Å². The summed E-state index contributed by atoms with van der Waals surface area (Å²) in [6, 6.07) is 12.9. The van der Waals surface area contributed by atoms with Crippen LogP contribution in [-0.2, 0) is 14.3 Å². The van der Waals surface area contributed by atoms with Gasteiger partial charge in [-0.25, -0.2) is 0 Å². The maximum Gasteiger partial charge on any atom is 0.295 e. The number of hydrogen-bond donors (Lipinski definition) is 1. The van der Waals surface area contributed by atoms with E-state index in [2.05, 4.69) is 0 Å². The van der Waals surface area contributed by atoms with E-state index in [-0.39, 0.29) is 11.3 Å². The Morgan fingerprint density at radius 3 is 2.59 bits per heavy atom. The molecule has 7 heteroatoms. The highest BCUT2D eigenvalue weighted by atomic mass is 35.5. The molecule has 1 aliphatic heterocycles. The Kier molecular flexibility index (Phi) is 6.56. The highest BCUT2D eigenvalue weighted by Crippen LogP contribution is 2.40. The number of benzene rings is 2. The van der Waals surface area contributed by atoms with Crippen molar-refractivity contribution < 1.29 is 24.2 Å². The normalized spacial score (nSPS) is 18.3. The van der Waals surface area contributed by atoms with Gasteiger partial charge in [-0.2, -0.15) is 0 Å². The van der Waals surface area contributed by atoms with E-state index < -0.39 is 17.7 Å². The lowest BCUT2D eigenvalue weighted by atomic mass is 9.95. The summed E-state index contributed by atoms with van der Waals surface area (Å²) in [6.07, 6.45) is 0.555. The van der Waals surface area contributed by atoms with Crippen LogP contribution in [-0.4, -0.2) is 49.1 Å². The maximum atomic E-state index is 12.9. The number of aliphatic hydroxyl groups excluding tert-OH is 1. The third kappa shape index (κ3) is 4.28. The molecule has 1 heterocycles. The van der Waals surface area contributed by atoms with Gasteiger partial charge >= 0.3 is 0 Å². The smallest absolute Gasteiger partial charge is 0.295 e. The van der Waals surface area contributed by atoms with Gasteiger partial charge in [-0.3, -0.25) is 9.59 Å². The third-order valence-corrected chi connectivity index (χ3v) is 5.03. The number of hydrogen-bond acceptors (Lipinski definition) is 5. The number of ketones is 1. The van der Waals surface area contributed by atoms with Crippen LogP contribution in [0.4, 0.5) is 0 Å². The van der Waals surface area contributed by atoms with Gasteiger partial charge in [0, 0.05) is 30.8 Å². The van der Waals surface area contributed by atoms with E-state index >= 15 is 0 Å². The molecule has 1 saturated heterocycles. The number of carbonyl (C=O) groups excluding carboxylic acids is 2. The number of ether oxygens (including phenoxy) is 2. The lowest BCUT2D eigenvalue weighted by Gasteiger charge is -2.25. The molecule has 2 aromatic rings. The molecule has 3 rings (SSSR count). The molecule has 1 amide bonds. The molecule has 0 radical (unpaired) electrons. The van der Waals surface area contributed by atoms with Crippen LogP contribution in [0.3, 0.4) is 0 Å². The van der Waals surface area contributed by atoms with Crippen molar-refractivity contribution >= 4 is 29.1 Å². The van der Waals surface area contributed by atoms with Crippen LogP contribution in [0.2, 0.25) is 5.02 Å². The number of halogens is 1. The van der Waals surface area contributed by atoms with Gasteiger partial charge in [0.25, 0.3) is 11.7 Å². The second-order valence-corrected chi connectivity index (χ2v) is 7.06. The van der Waals surface area contributed by atoms with E-state index in [0.29, 0.717) is 41.5 Å². The number of carbonyl (C=O) groups is 2. The first-order chi connectivity index (χ1) is 14.0. The Balaban J connectivity index is 2.13. The Labute approximate surface area is 174 Å². The van der Waals surface area contributed by atoms with Gasteiger partial charge in [-0.15, -0.1) is 0 Å². The van der Waals surface area contributed by atoms with Gasteiger partial charge in [0.15, 0.2) is 0 Å². The van der Waals surface area contributed by atoms with E-state index in [4.69, 9.17) is 21.1 Å². The molecule has 152 valence electrons. The van der Waals surface area contributed by atoms with Crippen LogP contribution in [0, 0.1) is 0 Å². The van der Waals surface area contributed by atoms with Crippen molar-refractivity contribution in [3.8, 4) is 5.75 Å². The summed E-state index contributed by atoms with van der Waals surface area (Å²) < 4.78 is 10.3. The van der Waals surface area contributed by atoms with Crippen molar-refractivity contribution in [1.82, 2.24) is 4.90 Å². The molecule has 2 aromatic carbocycles. The molecule has 1 atom stereocenters. The summed E-state index contributed by atoms with van der Waals surface area (Å²) in [5, 5.41) is 11.5. The fraction of sp³-hybridized carbons (Fsp3) is 0.273. The van der Waals surface area contributed by atoms with Gasteiger partial charge in [0.05, 0.1) is 18.7 Å². The van der Waals surface area contributed by atoms with Gasteiger partial charge in [-0.1, -0.05) is 35.9 Å². The maximum absolute atomic E-state index is 12.9. The largest absolute Gasteiger partial charge is 0.507 e. The topological polar surface area (TPSA) is 76.1 Å². The van der Waals surface area contributed by atoms with E-state index in [0.717, 1.165) is 0 Å². The summed E-state index contributed by atoms with van der Waals surface area (Å²) in [4.78, 5) is 27.1. The highest BCUT2D eigenvalue weighted by Gasteiger charge is 2.45. The predicted molar refractivity (Wildman–Crippen MR) is 110 cm³/mol. The standard InChI is InChI=1S/C22H22ClNO5/c1-28-11-5-10-24-19(14-6-3-8-16(23)12-14)18(21(26)22(24)27)20(25)15-7-4-9-17(13-15)29-2/h3-4,6-9,12-13,19,25H,5,10-11H2,1-2H3. The number of amides is 1. The minimum Gasteiger partial charge on any atom is -0.507 e. The van der Waals surface area contributed by atoms with Crippen LogP contribution in [0.1, 0.15) is 23.6 Å². The van der Waals surface area contributed by atoms with Crippen LogP contribution >= 0.6 is 11.6 Å². The molecule has 6 nitrogen and oxygen atoms in total. The average molecular weight is 416 g/mol. The monoisotopic (exact) mass is 415 g/mol. The first kappa shape index (κ1) is 20.9. The molecule has 1 unspecified atom stereocenters. The Bertz CT molecular complexity index is 956. The zero-order valence-corrected chi connectivity index (χ0v) is 17.0. The second-order valence-electron chi connectivity index (χ2n) is 6.63. The van der Waals surface area contributed by atoms with Crippen LogP contribution < -0.4 is 4.74 Å². The highest BCUT2D eigenvalue weighted by molar-refractivity contribution is 6.46. The first-order valence-corrected chi connectivity index (χ1v) is 9.53. The summed E-state index contributed by atoms with van der Waals surface area (Å²) >= 11 is 6.15. The Morgan fingerprint density at radius 1 is 1.14 bits per heavy atom. The zero-order valence-electron chi connectivity index (χ0n) is 16.2. The number of likely N-dealkylation sites (tertiary alicyclic amines) is 1. The zero-order chi connectivity index (χ0) is 21.0. The van der Waals surface area contributed by atoms with Gasteiger partial charge in [0.2, 0.25) is 0 Å². The van der Waals surface area contributed by atoms with Crippen LogP contribution in [0.5, 0.6) is 5.75 Å². The van der Waals surface area contributed by atoms with Crippen molar-refractivity contribution in [2.75, 3.05) is 27.4 Å². The Hall–Kier alpha value is -2.83. The summed E-state index contributed by atoms with van der Waals surface area (Å²) in [6.45, 7) is 0.756. The molecule has 1 aliphatic rings. The van der Waals surface area contributed by atoms with Crippen molar-refractivity contribution in [2.24, 2.45) is 0 Å². The summed E-state index contributed by atoms with van der Waals surface area (Å²) in [5.41, 5.74) is 1.08. The van der Waals surface area contributed by atoms with Gasteiger partial charge in [0.1, 0.15) is 11.5 Å². The number of rotatable bonds is 7. The van der Waals surface area contributed by atoms with Crippen LogP contribution in [0.25, 0.3) is 5.76 Å². The Morgan fingerprint density at radius 2 is 1.90 bits per heavy atom. The molecule has 0 spiro atoms. The SMILES string of the molecule is COCCCN1C(=O)C(=O)C(=C(O)c2cccc(OC)c2)C1c1cccc(Cl)c1. The van der Waals surface area contributed by atoms with E-state index in [1.54, 1.807) is 55.6 Å². The first-order valence-electron chi connectivity index (χ1n) is 9.15. The summed E-state index contributed by atoms with van der Waals surface area (Å²) in [5.74, 6) is -1.10. The molecular weight excluding hydrogens is 394 g/mol. The third-order valence-electron chi connectivity index (χ3n) is 4.80. The molecule has 29 heavy (non-hydrogen) atoms. The fourth-order valence-corrected chi connectivity index (χ4v) is 3.64. The fourth-order valence-electron chi connectivity index (χ4n) is 3.44. The lowest BCUT2D eigenvalue weighted by molar-refractivity contribution is -0.140. The molecule has 0 bridgehead atoms. The van der Waals surface area contributed by atoms with Crippen molar-refractivity contribution in [3.05, 3.63) is 70.3 Å². The van der Waals surface area contributed by atoms with Gasteiger partial charge in [-0.05, 0) is 36.2 Å².